The van der Waals surface area contributed by atoms with Crippen LogP contribution in [0.2, 0.25) is 0 Å². The summed E-state index contributed by atoms with van der Waals surface area (Å²) in [4.78, 5) is 25.4. The lowest BCUT2D eigenvalue weighted by Crippen LogP contribution is -2.31. The molecule has 0 radical (unpaired) electrons. The Morgan fingerprint density at radius 3 is 2.56 bits per heavy atom. The predicted molar refractivity (Wildman–Crippen MR) is 107 cm³/mol. The van der Waals surface area contributed by atoms with E-state index in [1.807, 2.05) is 49.7 Å². The molecule has 1 N–H and O–H groups in total. The molecule has 0 unspecified atom stereocenters. The average Bonchev–Trinajstić information content (AvgIpc) is 2.96. The first-order chi connectivity index (χ1) is 12.9. The van der Waals surface area contributed by atoms with E-state index < -0.39 is 0 Å². The Kier molecular flexibility index (Phi) is 5.17. The van der Waals surface area contributed by atoms with E-state index in [2.05, 4.69) is 17.3 Å². The zero-order valence-electron chi connectivity index (χ0n) is 16.5. The minimum Gasteiger partial charge on any atom is -0.345 e. The van der Waals surface area contributed by atoms with Gasteiger partial charge in [-0.2, -0.15) is 5.10 Å². The Labute approximate surface area is 158 Å². The molecule has 0 saturated carbocycles. The Morgan fingerprint density at radius 1 is 1.22 bits per heavy atom. The van der Waals surface area contributed by atoms with Gasteiger partial charge in [-0.05, 0) is 33.3 Å². The Bertz CT molecular complexity index is 1060. The second kappa shape index (κ2) is 7.39. The molecule has 0 spiro atoms. The topological polar surface area (TPSA) is 68.9 Å². The van der Waals surface area contributed by atoms with E-state index in [0.717, 1.165) is 40.8 Å². The first-order valence-electron chi connectivity index (χ1n) is 9.32. The van der Waals surface area contributed by atoms with E-state index in [4.69, 9.17) is 0 Å². The minimum atomic E-state index is -0.237. The molecular weight excluding hydrogens is 340 g/mol. The summed E-state index contributed by atoms with van der Waals surface area (Å²) in [5.74, 6) is -0.237. The van der Waals surface area contributed by atoms with Gasteiger partial charge in [-0.3, -0.25) is 14.3 Å². The van der Waals surface area contributed by atoms with Gasteiger partial charge in [0.2, 0.25) is 0 Å². The number of para-hydroxylation sites is 1. The molecular formula is C21H26N4O2. The van der Waals surface area contributed by atoms with Gasteiger partial charge in [0.25, 0.3) is 11.5 Å². The molecule has 3 rings (SSSR count). The summed E-state index contributed by atoms with van der Waals surface area (Å²) in [5.41, 5.74) is 4.00. The lowest BCUT2D eigenvalue weighted by Gasteiger charge is -2.19. The van der Waals surface area contributed by atoms with Crippen molar-refractivity contribution in [3.05, 3.63) is 63.2 Å². The monoisotopic (exact) mass is 366 g/mol. The molecule has 142 valence electrons. The summed E-state index contributed by atoms with van der Waals surface area (Å²) in [5, 5.41) is 8.45. The number of hydrogen-bond donors (Lipinski definition) is 1. The number of carbonyl (C=O) groups is 1. The van der Waals surface area contributed by atoms with Crippen molar-refractivity contribution >= 4 is 16.8 Å². The highest BCUT2D eigenvalue weighted by Gasteiger charge is 2.23. The van der Waals surface area contributed by atoms with Gasteiger partial charge in [0, 0.05) is 36.3 Å². The fourth-order valence-corrected chi connectivity index (χ4v) is 3.74. The van der Waals surface area contributed by atoms with Crippen molar-refractivity contribution < 1.29 is 4.79 Å². The number of nitrogens with zero attached hydrogens (tertiary/aromatic N) is 3. The van der Waals surface area contributed by atoms with E-state index >= 15 is 0 Å². The predicted octanol–water partition coefficient (Wildman–Crippen LogP) is 3.25. The molecule has 1 amide bonds. The fraction of sp³-hybridized carbons (Fsp3) is 0.381. The third-order valence-electron chi connectivity index (χ3n) is 5.20. The standard InChI is InChI=1S/C21H26N4O2/c1-6-17(20-13(3)23-25(7-2)14(20)4)22-21(27)16-12-19(26)24(5)18-11-9-8-10-15(16)18/h8-12,17H,6-7H2,1-5H3,(H,22,27)/t17-/m1/s1. The lowest BCUT2D eigenvalue weighted by molar-refractivity contribution is 0.0937. The molecule has 6 heteroatoms. The highest BCUT2D eigenvalue weighted by atomic mass is 16.2. The number of aromatic nitrogens is 3. The molecule has 27 heavy (non-hydrogen) atoms. The van der Waals surface area contributed by atoms with Gasteiger partial charge >= 0.3 is 0 Å². The maximum Gasteiger partial charge on any atom is 0.252 e. The van der Waals surface area contributed by atoms with Crippen molar-refractivity contribution in [2.45, 2.75) is 46.7 Å². The van der Waals surface area contributed by atoms with E-state index in [1.54, 1.807) is 11.6 Å². The van der Waals surface area contributed by atoms with Crippen molar-refractivity contribution in [2.24, 2.45) is 7.05 Å². The van der Waals surface area contributed by atoms with Crippen LogP contribution in [0.5, 0.6) is 0 Å². The molecule has 0 aliphatic heterocycles. The highest BCUT2D eigenvalue weighted by molar-refractivity contribution is 6.06. The lowest BCUT2D eigenvalue weighted by atomic mass is 10.0. The number of carbonyl (C=O) groups excluding carboxylic acids is 1. The summed E-state index contributed by atoms with van der Waals surface area (Å²) in [6, 6.07) is 8.73. The van der Waals surface area contributed by atoms with Gasteiger partial charge in [0.15, 0.2) is 0 Å². The van der Waals surface area contributed by atoms with Crippen LogP contribution in [0.15, 0.2) is 35.1 Å². The van der Waals surface area contributed by atoms with Gasteiger partial charge in [-0.15, -0.1) is 0 Å². The van der Waals surface area contributed by atoms with Gasteiger partial charge in [0.05, 0.1) is 22.8 Å². The SMILES string of the molecule is CC[C@@H](NC(=O)c1cc(=O)n(C)c2ccccc12)c1c(C)nn(CC)c1C. The van der Waals surface area contributed by atoms with E-state index in [0.29, 0.717) is 5.56 Å². The number of pyridine rings is 1. The smallest absolute Gasteiger partial charge is 0.252 e. The second-order valence-electron chi connectivity index (χ2n) is 6.81. The number of fused-ring (bicyclic) bond motifs is 1. The van der Waals surface area contributed by atoms with Crippen LogP contribution >= 0.6 is 0 Å². The molecule has 0 bridgehead atoms. The molecule has 0 aliphatic carbocycles. The second-order valence-corrected chi connectivity index (χ2v) is 6.81. The summed E-state index contributed by atoms with van der Waals surface area (Å²) in [7, 11) is 1.72. The quantitative estimate of drug-likeness (QED) is 0.754. The molecule has 6 nitrogen and oxygen atoms in total. The van der Waals surface area contributed by atoms with Crippen LogP contribution < -0.4 is 10.9 Å². The number of amides is 1. The Hall–Kier alpha value is -2.89. The minimum absolute atomic E-state index is 0.152. The van der Waals surface area contributed by atoms with Gasteiger partial charge in [-0.1, -0.05) is 25.1 Å². The summed E-state index contributed by atoms with van der Waals surface area (Å²) in [6.07, 6.45) is 0.742. The zero-order chi connectivity index (χ0) is 19.7. The maximum absolute atomic E-state index is 13.1. The van der Waals surface area contributed by atoms with E-state index in [-0.39, 0.29) is 17.5 Å². The van der Waals surface area contributed by atoms with Crippen molar-refractivity contribution in [3.63, 3.8) is 0 Å². The highest BCUT2D eigenvalue weighted by Crippen LogP contribution is 2.25. The summed E-state index contributed by atoms with van der Waals surface area (Å²) < 4.78 is 3.51. The van der Waals surface area contributed by atoms with E-state index in [1.165, 1.54) is 6.07 Å². The third-order valence-corrected chi connectivity index (χ3v) is 5.20. The van der Waals surface area contributed by atoms with Crippen LogP contribution in [0.1, 0.15) is 53.6 Å². The average molecular weight is 366 g/mol. The van der Waals surface area contributed by atoms with Crippen LogP contribution in [0.4, 0.5) is 0 Å². The number of nitrogens with one attached hydrogen (secondary N) is 1. The van der Waals surface area contributed by atoms with Crippen LogP contribution in [0, 0.1) is 13.8 Å². The summed E-state index contributed by atoms with van der Waals surface area (Å²) >= 11 is 0. The Balaban J connectivity index is 2.02. The zero-order valence-corrected chi connectivity index (χ0v) is 16.5. The maximum atomic E-state index is 13.1. The molecule has 0 fully saturated rings. The largest absolute Gasteiger partial charge is 0.345 e. The van der Waals surface area contributed by atoms with Crippen LogP contribution in [0.25, 0.3) is 10.9 Å². The Morgan fingerprint density at radius 2 is 1.93 bits per heavy atom. The van der Waals surface area contributed by atoms with Crippen molar-refractivity contribution in [2.75, 3.05) is 0 Å². The van der Waals surface area contributed by atoms with Gasteiger partial charge < -0.3 is 9.88 Å². The van der Waals surface area contributed by atoms with Crippen molar-refractivity contribution in [1.82, 2.24) is 19.7 Å². The molecule has 1 atom stereocenters. The van der Waals surface area contributed by atoms with Crippen LogP contribution in [0.3, 0.4) is 0 Å². The molecule has 1 aromatic carbocycles. The number of hydrogen-bond acceptors (Lipinski definition) is 3. The van der Waals surface area contributed by atoms with Crippen molar-refractivity contribution in [1.29, 1.82) is 0 Å². The third kappa shape index (κ3) is 3.27. The molecule has 2 aromatic heterocycles. The van der Waals surface area contributed by atoms with E-state index in [9.17, 15) is 9.59 Å². The first kappa shape index (κ1) is 18.9. The molecule has 0 aliphatic rings. The van der Waals surface area contributed by atoms with Crippen LogP contribution in [-0.4, -0.2) is 20.3 Å². The fourth-order valence-electron chi connectivity index (χ4n) is 3.74. The van der Waals surface area contributed by atoms with Crippen LogP contribution in [-0.2, 0) is 13.6 Å². The first-order valence-corrected chi connectivity index (χ1v) is 9.32. The summed E-state index contributed by atoms with van der Waals surface area (Å²) in [6.45, 7) is 8.87. The normalized spacial score (nSPS) is 12.3. The molecule has 2 heterocycles. The number of aryl methyl sites for hydroxylation is 3. The molecule has 0 saturated heterocycles. The van der Waals surface area contributed by atoms with Gasteiger partial charge in [0.1, 0.15) is 0 Å². The number of rotatable bonds is 5. The molecule has 3 aromatic rings. The number of benzene rings is 1. The van der Waals surface area contributed by atoms with Crippen molar-refractivity contribution in [3.8, 4) is 0 Å². The van der Waals surface area contributed by atoms with Gasteiger partial charge in [-0.25, -0.2) is 0 Å².